The number of amides is 1. The Bertz CT molecular complexity index is 959. The zero-order valence-electron chi connectivity index (χ0n) is 15.3. The summed E-state index contributed by atoms with van der Waals surface area (Å²) in [7, 11) is 0. The van der Waals surface area contributed by atoms with Crippen LogP contribution in [0.25, 0.3) is 16.3 Å². The van der Waals surface area contributed by atoms with Crippen molar-refractivity contribution in [2.24, 2.45) is 0 Å². The summed E-state index contributed by atoms with van der Waals surface area (Å²) in [4.78, 5) is 19.5. The van der Waals surface area contributed by atoms with Gasteiger partial charge in [0.05, 0.1) is 22.9 Å². The Hall–Kier alpha value is -2.50. The minimum absolute atomic E-state index is 0.0638. The molecule has 1 amide bonds. The van der Waals surface area contributed by atoms with E-state index in [0.29, 0.717) is 6.54 Å². The number of carbonyl (C=O) groups is 1. The Kier molecular flexibility index (Phi) is 5.32. The SMILES string of the molecule is Cc1cccc2sc(N(CC3CCCO3)C(=O)/C=C/c3ccccc3)nc12. The summed E-state index contributed by atoms with van der Waals surface area (Å²) in [5, 5.41) is 0.734. The van der Waals surface area contributed by atoms with Crippen LogP contribution in [0, 0.1) is 6.92 Å². The number of hydrogen-bond acceptors (Lipinski definition) is 4. The lowest BCUT2D eigenvalue weighted by molar-refractivity contribution is -0.114. The van der Waals surface area contributed by atoms with Gasteiger partial charge in [-0.15, -0.1) is 0 Å². The van der Waals surface area contributed by atoms with Crippen LogP contribution in [0.5, 0.6) is 0 Å². The minimum atomic E-state index is -0.0638. The zero-order chi connectivity index (χ0) is 18.6. The first-order valence-electron chi connectivity index (χ1n) is 9.23. The Morgan fingerprint density at radius 1 is 1.26 bits per heavy atom. The lowest BCUT2D eigenvalue weighted by Gasteiger charge is -2.21. The maximum atomic E-state index is 13.0. The second-order valence-corrected chi connectivity index (χ2v) is 7.76. The van der Waals surface area contributed by atoms with Gasteiger partial charge in [-0.2, -0.15) is 0 Å². The molecule has 5 heteroatoms. The van der Waals surface area contributed by atoms with Crippen molar-refractivity contribution in [1.82, 2.24) is 4.98 Å². The predicted molar refractivity (Wildman–Crippen MR) is 111 cm³/mol. The van der Waals surface area contributed by atoms with E-state index in [1.807, 2.05) is 55.5 Å². The number of rotatable bonds is 5. The van der Waals surface area contributed by atoms with Gasteiger partial charge in [-0.1, -0.05) is 53.8 Å². The summed E-state index contributed by atoms with van der Waals surface area (Å²) in [5.74, 6) is -0.0638. The maximum absolute atomic E-state index is 13.0. The van der Waals surface area contributed by atoms with Crippen molar-refractivity contribution in [3.8, 4) is 0 Å². The molecule has 1 aliphatic rings. The lowest BCUT2D eigenvalue weighted by atomic mass is 10.2. The molecule has 1 saturated heterocycles. The van der Waals surface area contributed by atoms with E-state index in [1.165, 1.54) is 0 Å². The predicted octanol–water partition coefficient (Wildman–Crippen LogP) is 4.83. The molecule has 0 radical (unpaired) electrons. The molecule has 0 aliphatic carbocycles. The Morgan fingerprint density at radius 3 is 2.85 bits per heavy atom. The van der Waals surface area contributed by atoms with Crippen molar-refractivity contribution < 1.29 is 9.53 Å². The third-order valence-corrected chi connectivity index (χ3v) is 5.78. The van der Waals surface area contributed by atoms with Gasteiger partial charge in [-0.25, -0.2) is 4.98 Å². The summed E-state index contributed by atoms with van der Waals surface area (Å²) >= 11 is 1.56. The van der Waals surface area contributed by atoms with E-state index >= 15 is 0 Å². The van der Waals surface area contributed by atoms with Crippen molar-refractivity contribution >= 4 is 38.7 Å². The first-order chi connectivity index (χ1) is 13.2. The molecule has 1 aliphatic heterocycles. The van der Waals surface area contributed by atoms with Gasteiger partial charge in [0, 0.05) is 12.7 Å². The monoisotopic (exact) mass is 378 g/mol. The Labute approximate surface area is 163 Å². The van der Waals surface area contributed by atoms with E-state index in [4.69, 9.17) is 9.72 Å². The highest BCUT2D eigenvalue weighted by atomic mass is 32.1. The van der Waals surface area contributed by atoms with Crippen LogP contribution in [0.1, 0.15) is 24.0 Å². The number of benzene rings is 2. The molecule has 2 aromatic carbocycles. The number of para-hydroxylation sites is 1. The van der Waals surface area contributed by atoms with Gasteiger partial charge in [0.25, 0.3) is 5.91 Å². The summed E-state index contributed by atoms with van der Waals surface area (Å²) in [5.41, 5.74) is 3.09. The minimum Gasteiger partial charge on any atom is -0.376 e. The average Bonchev–Trinajstić information content (AvgIpc) is 3.35. The molecular formula is C22H22N2O2S. The number of aromatic nitrogens is 1. The average molecular weight is 378 g/mol. The van der Waals surface area contributed by atoms with E-state index in [1.54, 1.807) is 22.3 Å². The number of carbonyl (C=O) groups excluding carboxylic acids is 1. The van der Waals surface area contributed by atoms with E-state index in [2.05, 4.69) is 6.07 Å². The number of thiazole rings is 1. The topological polar surface area (TPSA) is 42.4 Å². The van der Waals surface area contributed by atoms with Gasteiger partial charge in [0.15, 0.2) is 5.13 Å². The number of hydrogen-bond donors (Lipinski definition) is 0. The highest BCUT2D eigenvalue weighted by Gasteiger charge is 2.25. The highest BCUT2D eigenvalue weighted by Crippen LogP contribution is 2.31. The second-order valence-electron chi connectivity index (χ2n) is 6.75. The molecule has 4 rings (SSSR count). The van der Waals surface area contributed by atoms with Crippen molar-refractivity contribution in [3.63, 3.8) is 0 Å². The van der Waals surface area contributed by atoms with E-state index in [9.17, 15) is 4.79 Å². The van der Waals surface area contributed by atoms with E-state index in [-0.39, 0.29) is 12.0 Å². The highest BCUT2D eigenvalue weighted by molar-refractivity contribution is 7.22. The molecular weight excluding hydrogens is 356 g/mol. The molecule has 0 spiro atoms. The van der Waals surface area contributed by atoms with Crippen molar-refractivity contribution in [3.05, 3.63) is 65.7 Å². The van der Waals surface area contributed by atoms with Crippen LogP contribution in [0.3, 0.4) is 0 Å². The van der Waals surface area contributed by atoms with Gasteiger partial charge in [-0.3, -0.25) is 9.69 Å². The normalized spacial score (nSPS) is 17.0. The lowest BCUT2D eigenvalue weighted by Crippen LogP contribution is -2.36. The van der Waals surface area contributed by atoms with Gasteiger partial charge < -0.3 is 4.74 Å². The van der Waals surface area contributed by atoms with Crippen LogP contribution < -0.4 is 4.90 Å². The molecule has 4 nitrogen and oxygen atoms in total. The van der Waals surface area contributed by atoms with Crippen LogP contribution in [0.2, 0.25) is 0 Å². The second kappa shape index (κ2) is 8.03. The van der Waals surface area contributed by atoms with Crippen LogP contribution >= 0.6 is 11.3 Å². The van der Waals surface area contributed by atoms with E-state index in [0.717, 1.165) is 45.9 Å². The van der Waals surface area contributed by atoms with Gasteiger partial charge in [0.1, 0.15) is 0 Å². The molecule has 2 heterocycles. The third kappa shape index (κ3) is 4.10. The molecule has 27 heavy (non-hydrogen) atoms. The third-order valence-electron chi connectivity index (χ3n) is 4.73. The number of anilines is 1. The summed E-state index contributed by atoms with van der Waals surface area (Å²) in [6.45, 7) is 3.36. The number of aryl methyl sites for hydroxylation is 1. The number of ether oxygens (including phenoxy) is 1. The summed E-state index contributed by atoms with van der Waals surface area (Å²) in [6, 6.07) is 16.0. The molecule has 1 aromatic heterocycles. The summed E-state index contributed by atoms with van der Waals surface area (Å²) < 4.78 is 6.87. The standard InChI is InChI=1S/C22H22N2O2S/c1-16-7-5-11-19-21(16)23-22(27-19)24(15-18-10-6-14-26-18)20(25)13-12-17-8-3-2-4-9-17/h2-5,7-9,11-13,18H,6,10,14-15H2,1H3/b13-12+. The molecule has 1 unspecified atom stereocenters. The Balaban J connectivity index is 1.64. The fourth-order valence-corrected chi connectivity index (χ4v) is 4.32. The molecule has 1 fully saturated rings. The Morgan fingerprint density at radius 2 is 2.11 bits per heavy atom. The van der Waals surface area contributed by atoms with Gasteiger partial charge in [-0.05, 0) is 43.0 Å². The van der Waals surface area contributed by atoms with Gasteiger partial charge in [0.2, 0.25) is 0 Å². The smallest absolute Gasteiger partial charge is 0.252 e. The summed E-state index contributed by atoms with van der Waals surface area (Å²) in [6.07, 6.45) is 5.58. The molecule has 138 valence electrons. The van der Waals surface area contributed by atoms with Crippen LogP contribution in [0.4, 0.5) is 5.13 Å². The van der Waals surface area contributed by atoms with Crippen LogP contribution in [0.15, 0.2) is 54.6 Å². The quantitative estimate of drug-likeness (QED) is 0.597. The van der Waals surface area contributed by atoms with Crippen LogP contribution in [-0.4, -0.2) is 30.1 Å². The van der Waals surface area contributed by atoms with Crippen molar-refractivity contribution in [1.29, 1.82) is 0 Å². The molecule has 3 aromatic rings. The molecule has 1 atom stereocenters. The fourth-order valence-electron chi connectivity index (χ4n) is 3.27. The van der Waals surface area contributed by atoms with Crippen molar-refractivity contribution in [2.45, 2.75) is 25.9 Å². The fraction of sp³-hybridized carbons (Fsp3) is 0.273. The number of nitrogens with zero attached hydrogens (tertiary/aromatic N) is 2. The van der Waals surface area contributed by atoms with Gasteiger partial charge >= 0.3 is 0 Å². The number of fused-ring (bicyclic) bond motifs is 1. The van der Waals surface area contributed by atoms with Crippen LogP contribution in [-0.2, 0) is 9.53 Å². The molecule has 0 N–H and O–H groups in total. The first-order valence-corrected chi connectivity index (χ1v) is 10.0. The zero-order valence-corrected chi connectivity index (χ0v) is 16.1. The maximum Gasteiger partial charge on any atom is 0.252 e. The molecule has 0 saturated carbocycles. The van der Waals surface area contributed by atoms with E-state index < -0.39 is 0 Å². The molecule has 0 bridgehead atoms. The largest absolute Gasteiger partial charge is 0.376 e. The first kappa shape index (κ1) is 17.9. The van der Waals surface area contributed by atoms with Crippen molar-refractivity contribution in [2.75, 3.05) is 18.1 Å².